The molecule has 0 atom stereocenters. The van der Waals surface area contributed by atoms with E-state index in [1.165, 1.54) is 21.1 Å². The summed E-state index contributed by atoms with van der Waals surface area (Å²) in [7, 11) is 2.34. The highest BCUT2D eigenvalue weighted by Crippen LogP contribution is 2.30. The smallest absolute Gasteiger partial charge is 0.323 e. The van der Waals surface area contributed by atoms with Crippen molar-refractivity contribution >= 4 is 17.7 Å². The first-order valence-electron chi connectivity index (χ1n) is 6.31. The Hall–Kier alpha value is -2.43. The minimum atomic E-state index is -1.59. The van der Waals surface area contributed by atoms with Gasteiger partial charge >= 0.3 is 11.9 Å². The Morgan fingerprint density at radius 2 is 1.52 bits per heavy atom. The number of esters is 2. The summed E-state index contributed by atoms with van der Waals surface area (Å²) in [6.07, 6.45) is -0.167. The zero-order chi connectivity index (χ0) is 16.0. The van der Waals surface area contributed by atoms with Crippen molar-refractivity contribution in [2.45, 2.75) is 13.3 Å². The van der Waals surface area contributed by atoms with Crippen LogP contribution in [0.5, 0.6) is 0 Å². The molecule has 0 saturated heterocycles. The molecule has 0 radical (unpaired) electrons. The number of hydrogen-bond acceptors (Lipinski definition) is 5. The highest BCUT2D eigenvalue weighted by molar-refractivity contribution is 6.10. The maximum atomic E-state index is 12.2. The number of Topliss-reactive ketones (excluding diaryl/α,β-unsaturated/α-hetero) is 1. The number of benzene rings is 1. The van der Waals surface area contributed by atoms with Crippen LogP contribution in [0.4, 0.5) is 0 Å². The standard InChI is InChI=1S/C16H18O5/c1-11(13(17)12-8-6-5-7-9-12)10-16(2,14(18)20-3)15(19)21-4/h5-9H,1,10H2,2-4H3. The average molecular weight is 290 g/mol. The Bertz CT molecular complexity index is 543. The van der Waals surface area contributed by atoms with E-state index in [4.69, 9.17) is 0 Å². The number of allylic oxidation sites excluding steroid dienone is 1. The Labute approximate surface area is 123 Å². The predicted molar refractivity (Wildman–Crippen MR) is 76.7 cm³/mol. The number of ether oxygens (including phenoxy) is 2. The quantitative estimate of drug-likeness (QED) is 0.347. The zero-order valence-corrected chi connectivity index (χ0v) is 12.3. The second kappa shape index (κ2) is 6.83. The molecule has 5 nitrogen and oxygen atoms in total. The summed E-state index contributed by atoms with van der Waals surface area (Å²) < 4.78 is 9.26. The van der Waals surface area contributed by atoms with Gasteiger partial charge in [-0.1, -0.05) is 36.9 Å². The second-order valence-corrected chi connectivity index (χ2v) is 4.79. The van der Waals surface area contributed by atoms with Gasteiger partial charge in [-0.25, -0.2) is 0 Å². The van der Waals surface area contributed by atoms with E-state index in [0.29, 0.717) is 5.56 Å². The normalized spacial score (nSPS) is 10.6. The molecule has 0 spiro atoms. The highest BCUT2D eigenvalue weighted by Gasteiger charge is 2.44. The van der Waals surface area contributed by atoms with E-state index < -0.39 is 17.4 Å². The fourth-order valence-corrected chi connectivity index (χ4v) is 1.98. The summed E-state index contributed by atoms with van der Waals surface area (Å²) in [6.45, 7) is 5.05. The molecule has 0 aliphatic carbocycles. The Morgan fingerprint density at radius 3 is 1.95 bits per heavy atom. The van der Waals surface area contributed by atoms with Crippen molar-refractivity contribution in [1.82, 2.24) is 0 Å². The average Bonchev–Trinajstić information content (AvgIpc) is 2.52. The van der Waals surface area contributed by atoms with Crippen molar-refractivity contribution in [2.24, 2.45) is 5.41 Å². The lowest BCUT2D eigenvalue weighted by molar-refractivity contribution is -0.167. The van der Waals surface area contributed by atoms with Crippen LogP contribution in [0.25, 0.3) is 0 Å². The van der Waals surface area contributed by atoms with E-state index in [0.717, 1.165) is 0 Å². The number of carbonyl (C=O) groups is 3. The van der Waals surface area contributed by atoms with E-state index in [1.807, 2.05) is 0 Å². The third-order valence-corrected chi connectivity index (χ3v) is 3.20. The maximum absolute atomic E-state index is 12.2. The highest BCUT2D eigenvalue weighted by atomic mass is 16.5. The van der Waals surface area contributed by atoms with Gasteiger partial charge in [-0.3, -0.25) is 14.4 Å². The molecule has 0 heterocycles. The van der Waals surface area contributed by atoms with Gasteiger partial charge in [-0.05, 0) is 12.5 Å². The molecule has 0 aromatic heterocycles. The fraction of sp³-hybridized carbons (Fsp3) is 0.312. The van der Waals surface area contributed by atoms with Gasteiger partial charge in [-0.2, -0.15) is 0 Å². The van der Waals surface area contributed by atoms with Crippen molar-refractivity contribution in [1.29, 1.82) is 0 Å². The molecule has 0 fully saturated rings. The van der Waals surface area contributed by atoms with Crippen LogP contribution < -0.4 is 0 Å². The van der Waals surface area contributed by atoms with Crippen molar-refractivity contribution in [3.63, 3.8) is 0 Å². The molecule has 21 heavy (non-hydrogen) atoms. The van der Waals surface area contributed by atoms with Gasteiger partial charge in [0.05, 0.1) is 14.2 Å². The zero-order valence-electron chi connectivity index (χ0n) is 12.3. The van der Waals surface area contributed by atoms with E-state index >= 15 is 0 Å². The molecule has 0 aliphatic rings. The Kier molecular flexibility index (Phi) is 5.41. The van der Waals surface area contributed by atoms with Crippen molar-refractivity contribution in [3.8, 4) is 0 Å². The van der Waals surface area contributed by atoms with Crippen LogP contribution in [0.1, 0.15) is 23.7 Å². The van der Waals surface area contributed by atoms with Crippen molar-refractivity contribution < 1.29 is 23.9 Å². The predicted octanol–water partition coefficient (Wildman–Crippen LogP) is 2.17. The van der Waals surface area contributed by atoms with Gasteiger partial charge in [0.25, 0.3) is 0 Å². The second-order valence-electron chi connectivity index (χ2n) is 4.79. The summed E-state index contributed by atoms with van der Waals surface area (Å²) in [5.41, 5.74) is -1.01. The molecule has 0 unspecified atom stereocenters. The topological polar surface area (TPSA) is 69.7 Å². The lowest BCUT2D eigenvalue weighted by atomic mass is 9.82. The van der Waals surface area contributed by atoms with Gasteiger partial charge in [0.1, 0.15) is 0 Å². The molecular weight excluding hydrogens is 272 g/mol. The van der Waals surface area contributed by atoms with Crippen LogP contribution in [0, 0.1) is 5.41 Å². The molecule has 0 N–H and O–H groups in total. The van der Waals surface area contributed by atoms with Gasteiger partial charge in [0, 0.05) is 12.0 Å². The molecule has 0 saturated carbocycles. The largest absolute Gasteiger partial charge is 0.468 e. The minimum Gasteiger partial charge on any atom is -0.468 e. The van der Waals surface area contributed by atoms with Gasteiger partial charge in [0.2, 0.25) is 0 Å². The fourth-order valence-electron chi connectivity index (χ4n) is 1.98. The molecule has 0 bridgehead atoms. The van der Waals surface area contributed by atoms with Crippen LogP contribution in [0.3, 0.4) is 0 Å². The third kappa shape index (κ3) is 3.56. The van der Waals surface area contributed by atoms with E-state index in [9.17, 15) is 14.4 Å². The van der Waals surface area contributed by atoms with Crippen molar-refractivity contribution in [2.75, 3.05) is 14.2 Å². The van der Waals surface area contributed by atoms with Crippen molar-refractivity contribution in [3.05, 3.63) is 48.0 Å². The van der Waals surface area contributed by atoms with Gasteiger partial charge in [-0.15, -0.1) is 0 Å². The lowest BCUT2D eigenvalue weighted by Gasteiger charge is -2.24. The first kappa shape index (κ1) is 16.6. The van der Waals surface area contributed by atoms with Crippen LogP contribution in [-0.4, -0.2) is 31.9 Å². The molecule has 0 amide bonds. The molecule has 1 rings (SSSR count). The summed E-state index contributed by atoms with van der Waals surface area (Å²) in [5.74, 6) is -1.86. The number of ketones is 1. The van der Waals surface area contributed by atoms with E-state index in [1.54, 1.807) is 30.3 Å². The van der Waals surface area contributed by atoms with Gasteiger partial charge in [0.15, 0.2) is 11.2 Å². The van der Waals surface area contributed by atoms with E-state index in [2.05, 4.69) is 16.1 Å². The first-order chi connectivity index (χ1) is 9.86. The molecule has 0 aliphatic heterocycles. The Morgan fingerprint density at radius 1 is 1.05 bits per heavy atom. The van der Waals surface area contributed by atoms with Crippen LogP contribution >= 0.6 is 0 Å². The third-order valence-electron chi connectivity index (χ3n) is 3.20. The van der Waals surface area contributed by atoms with Crippen LogP contribution in [0.15, 0.2) is 42.5 Å². The molecule has 112 valence electrons. The molecule has 5 heteroatoms. The minimum absolute atomic E-state index is 0.138. The Balaban J connectivity index is 2.99. The lowest BCUT2D eigenvalue weighted by Crippen LogP contribution is -2.39. The summed E-state index contributed by atoms with van der Waals surface area (Å²) in [4.78, 5) is 35.9. The summed E-state index contributed by atoms with van der Waals surface area (Å²) >= 11 is 0. The summed E-state index contributed by atoms with van der Waals surface area (Å²) in [5, 5.41) is 0. The maximum Gasteiger partial charge on any atom is 0.323 e. The molecular formula is C16H18O5. The monoisotopic (exact) mass is 290 g/mol. The SMILES string of the molecule is C=C(CC(C)(C(=O)OC)C(=O)OC)C(=O)c1ccccc1. The van der Waals surface area contributed by atoms with E-state index in [-0.39, 0.29) is 17.8 Å². The molecule has 1 aromatic rings. The van der Waals surface area contributed by atoms with Crippen LogP contribution in [-0.2, 0) is 19.1 Å². The van der Waals surface area contributed by atoms with Crippen LogP contribution in [0.2, 0.25) is 0 Å². The number of methoxy groups -OCH3 is 2. The molecule has 1 aromatic carbocycles. The number of hydrogen-bond donors (Lipinski definition) is 0. The first-order valence-corrected chi connectivity index (χ1v) is 6.31. The number of rotatable bonds is 6. The summed E-state index contributed by atoms with van der Waals surface area (Å²) in [6, 6.07) is 8.51. The van der Waals surface area contributed by atoms with Gasteiger partial charge < -0.3 is 9.47 Å². The number of carbonyl (C=O) groups excluding carboxylic acids is 3.